The molecule has 0 aliphatic rings. The van der Waals surface area contributed by atoms with Crippen LogP contribution in [0.3, 0.4) is 0 Å². The number of carbonyl (C=O) groups excluding carboxylic acids is 1. The molecule has 142 valence electrons. The van der Waals surface area contributed by atoms with E-state index in [1.54, 1.807) is 19.2 Å². The predicted octanol–water partition coefficient (Wildman–Crippen LogP) is 1.77. The van der Waals surface area contributed by atoms with E-state index in [9.17, 15) is 9.18 Å². The van der Waals surface area contributed by atoms with Crippen LogP contribution >= 0.6 is 24.0 Å². The molecule has 0 bridgehead atoms. The Morgan fingerprint density at radius 3 is 2.31 bits per heavy atom. The van der Waals surface area contributed by atoms with Gasteiger partial charge in [0.1, 0.15) is 5.82 Å². The molecule has 2 rings (SSSR count). The van der Waals surface area contributed by atoms with Crippen LogP contribution in [0.4, 0.5) is 4.39 Å². The lowest BCUT2D eigenvalue weighted by Gasteiger charge is -2.12. The minimum Gasteiger partial charge on any atom is -0.355 e. The minimum absolute atomic E-state index is 0. The van der Waals surface area contributed by atoms with Gasteiger partial charge >= 0.3 is 0 Å². The van der Waals surface area contributed by atoms with Crippen LogP contribution in [0, 0.1) is 5.82 Å². The van der Waals surface area contributed by atoms with Crippen LogP contribution in [0.25, 0.3) is 0 Å². The lowest BCUT2D eigenvalue weighted by molar-refractivity contribution is -0.120. The van der Waals surface area contributed by atoms with Crippen LogP contribution in [-0.2, 0) is 17.8 Å². The first-order valence-electron chi connectivity index (χ1n) is 8.24. The number of aromatic nitrogens is 1. The number of carbonyl (C=O) groups is 1. The van der Waals surface area contributed by atoms with Crippen molar-refractivity contribution in [3.05, 3.63) is 60.2 Å². The highest BCUT2D eigenvalue weighted by molar-refractivity contribution is 14.0. The summed E-state index contributed by atoms with van der Waals surface area (Å²) in [6.45, 7) is 2.66. The number of rotatable bonds is 8. The normalized spacial score (nSPS) is 10.8. The van der Waals surface area contributed by atoms with Gasteiger partial charge < -0.3 is 20.5 Å². The van der Waals surface area contributed by atoms with Crippen molar-refractivity contribution in [2.24, 2.45) is 4.99 Å². The Labute approximate surface area is 170 Å². The second-order valence-electron chi connectivity index (χ2n) is 5.50. The van der Waals surface area contributed by atoms with E-state index in [0.717, 1.165) is 18.7 Å². The van der Waals surface area contributed by atoms with Crippen molar-refractivity contribution in [1.29, 1.82) is 0 Å². The molecule has 1 heterocycles. The Kier molecular flexibility index (Phi) is 10.4. The second-order valence-corrected chi connectivity index (χ2v) is 5.50. The van der Waals surface area contributed by atoms with Gasteiger partial charge in [-0.25, -0.2) is 4.39 Å². The van der Waals surface area contributed by atoms with Gasteiger partial charge in [-0.15, -0.1) is 24.0 Å². The van der Waals surface area contributed by atoms with Crippen molar-refractivity contribution in [3.63, 3.8) is 0 Å². The molecule has 6 nitrogen and oxygen atoms in total. The lowest BCUT2D eigenvalue weighted by atomic mass is 10.1. The maximum Gasteiger partial charge on any atom is 0.224 e. The molecule has 0 unspecified atom stereocenters. The second kappa shape index (κ2) is 12.3. The van der Waals surface area contributed by atoms with Gasteiger partial charge in [0, 0.05) is 45.6 Å². The van der Waals surface area contributed by atoms with Gasteiger partial charge in [0.15, 0.2) is 5.96 Å². The first-order valence-corrected chi connectivity index (χ1v) is 8.24. The smallest absolute Gasteiger partial charge is 0.224 e. The van der Waals surface area contributed by atoms with E-state index in [-0.39, 0.29) is 42.1 Å². The van der Waals surface area contributed by atoms with Crippen LogP contribution in [0.1, 0.15) is 5.56 Å². The van der Waals surface area contributed by atoms with E-state index >= 15 is 0 Å². The molecule has 3 N–H and O–H groups in total. The van der Waals surface area contributed by atoms with Gasteiger partial charge in [-0.2, -0.15) is 0 Å². The summed E-state index contributed by atoms with van der Waals surface area (Å²) in [6.07, 6.45) is 4.26. The van der Waals surface area contributed by atoms with Crippen molar-refractivity contribution in [3.8, 4) is 0 Å². The van der Waals surface area contributed by atoms with Crippen LogP contribution in [-0.4, -0.2) is 43.1 Å². The van der Waals surface area contributed by atoms with Gasteiger partial charge in [-0.3, -0.25) is 9.79 Å². The summed E-state index contributed by atoms with van der Waals surface area (Å²) >= 11 is 0. The number of amides is 1. The summed E-state index contributed by atoms with van der Waals surface area (Å²) in [4.78, 5) is 16.0. The van der Waals surface area contributed by atoms with Gasteiger partial charge in [0.05, 0.1) is 6.42 Å². The van der Waals surface area contributed by atoms with Gasteiger partial charge in [-0.05, 0) is 29.8 Å². The van der Waals surface area contributed by atoms with E-state index in [1.165, 1.54) is 12.1 Å². The SMILES string of the molecule is CN=C(NCCNC(=O)Cc1ccc(F)cc1)NCCn1cccc1.I. The number of nitrogens with zero attached hydrogens (tertiary/aromatic N) is 2. The molecule has 8 heteroatoms. The third-order valence-corrected chi connectivity index (χ3v) is 3.57. The first-order chi connectivity index (χ1) is 12.2. The number of hydrogen-bond acceptors (Lipinski definition) is 2. The summed E-state index contributed by atoms with van der Waals surface area (Å²) in [6, 6.07) is 9.91. The number of hydrogen-bond donors (Lipinski definition) is 3. The van der Waals surface area contributed by atoms with Crippen molar-refractivity contribution in [2.45, 2.75) is 13.0 Å². The Morgan fingerprint density at radius 2 is 1.65 bits per heavy atom. The first kappa shape index (κ1) is 21.9. The summed E-state index contributed by atoms with van der Waals surface area (Å²) < 4.78 is 14.9. The molecule has 0 saturated heterocycles. The van der Waals surface area contributed by atoms with Crippen LogP contribution < -0.4 is 16.0 Å². The highest BCUT2D eigenvalue weighted by Crippen LogP contribution is 2.03. The fourth-order valence-electron chi connectivity index (χ4n) is 2.28. The Balaban J connectivity index is 0.00000338. The Hall–Kier alpha value is -2.10. The van der Waals surface area contributed by atoms with E-state index in [2.05, 4.69) is 25.5 Å². The van der Waals surface area contributed by atoms with Crippen molar-refractivity contribution < 1.29 is 9.18 Å². The third-order valence-electron chi connectivity index (χ3n) is 3.57. The van der Waals surface area contributed by atoms with Crippen LogP contribution in [0.15, 0.2) is 53.8 Å². The summed E-state index contributed by atoms with van der Waals surface area (Å²) in [5.74, 6) is 0.299. The van der Waals surface area contributed by atoms with E-state index in [0.29, 0.717) is 19.0 Å². The molecule has 0 aliphatic heterocycles. The topological polar surface area (TPSA) is 70.4 Å². The molecule has 0 radical (unpaired) electrons. The van der Waals surface area contributed by atoms with E-state index in [4.69, 9.17) is 0 Å². The molecular weight excluding hydrogens is 448 g/mol. The summed E-state index contributed by atoms with van der Waals surface area (Å²) in [5.41, 5.74) is 0.786. The molecule has 0 aliphatic carbocycles. The molecule has 0 fully saturated rings. The number of benzene rings is 1. The maximum atomic E-state index is 12.8. The molecule has 0 saturated carbocycles. The van der Waals surface area contributed by atoms with Gasteiger partial charge in [0.25, 0.3) is 0 Å². The van der Waals surface area contributed by atoms with E-state index < -0.39 is 0 Å². The summed E-state index contributed by atoms with van der Waals surface area (Å²) in [5, 5.41) is 9.17. The monoisotopic (exact) mass is 473 g/mol. The van der Waals surface area contributed by atoms with E-state index in [1.807, 2.05) is 24.5 Å². The lowest BCUT2D eigenvalue weighted by Crippen LogP contribution is -2.42. The fourth-order valence-corrected chi connectivity index (χ4v) is 2.28. The Morgan fingerprint density at radius 1 is 1.04 bits per heavy atom. The standard InChI is InChI=1S/C18H24FN5O.HI/c1-20-18(23-10-13-24-11-2-3-12-24)22-9-8-21-17(25)14-15-4-6-16(19)7-5-15;/h2-7,11-12H,8-10,13-14H2,1H3,(H,21,25)(H2,20,22,23);1H. The number of nitrogens with one attached hydrogen (secondary N) is 3. The quantitative estimate of drug-likeness (QED) is 0.237. The average molecular weight is 473 g/mol. The number of halogens is 2. The summed E-state index contributed by atoms with van der Waals surface area (Å²) in [7, 11) is 1.71. The molecule has 0 atom stereocenters. The van der Waals surface area contributed by atoms with Crippen LogP contribution in [0.5, 0.6) is 0 Å². The Bertz CT molecular complexity index is 673. The molecule has 2 aromatic rings. The highest BCUT2D eigenvalue weighted by Gasteiger charge is 2.03. The number of guanidine groups is 1. The zero-order valence-corrected chi connectivity index (χ0v) is 17.1. The molecule has 1 amide bonds. The van der Waals surface area contributed by atoms with Crippen molar-refractivity contribution in [1.82, 2.24) is 20.5 Å². The van der Waals surface area contributed by atoms with Crippen LogP contribution in [0.2, 0.25) is 0 Å². The highest BCUT2D eigenvalue weighted by atomic mass is 127. The van der Waals surface area contributed by atoms with Gasteiger partial charge in [0.2, 0.25) is 5.91 Å². The maximum absolute atomic E-state index is 12.8. The number of aliphatic imine (C=N–C) groups is 1. The van der Waals surface area contributed by atoms with Gasteiger partial charge in [-0.1, -0.05) is 12.1 Å². The molecule has 1 aromatic heterocycles. The third kappa shape index (κ3) is 8.32. The molecule has 26 heavy (non-hydrogen) atoms. The van der Waals surface area contributed by atoms with Crippen molar-refractivity contribution in [2.75, 3.05) is 26.7 Å². The fraction of sp³-hybridized carbons (Fsp3) is 0.333. The molecule has 1 aromatic carbocycles. The predicted molar refractivity (Wildman–Crippen MR) is 112 cm³/mol. The zero-order chi connectivity index (χ0) is 17.9. The zero-order valence-electron chi connectivity index (χ0n) is 14.7. The molecule has 0 spiro atoms. The van der Waals surface area contributed by atoms with Crippen molar-refractivity contribution >= 4 is 35.8 Å². The average Bonchev–Trinajstić information content (AvgIpc) is 3.12. The largest absolute Gasteiger partial charge is 0.355 e. The molecular formula is C18H25FIN5O. The minimum atomic E-state index is -0.302.